The molecule has 1 aliphatic carbocycles. The van der Waals surface area contributed by atoms with Crippen molar-refractivity contribution < 1.29 is 14.3 Å². The standard InChI is InChI=1S/C24H28N4O3/c1-16(18-6-4-3-5-7-18)27-24(30)19-12-21-23(25-13-19)26-14-22(29)28(21)15-17-8-10-20(31-2)11-9-17/h6,8-13,16H,3-5,7,14-15H2,1-2H3,(H,25,26)(H,27,30). The van der Waals surface area contributed by atoms with Gasteiger partial charge in [-0.3, -0.25) is 9.59 Å². The average Bonchev–Trinajstić information content (AvgIpc) is 2.81. The minimum atomic E-state index is -0.184. The third-order valence-corrected chi connectivity index (χ3v) is 5.86. The predicted molar refractivity (Wildman–Crippen MR) is 120 cm³/mol. The van der Waals surface area contributed by atoms with E-state index in [1.807, 2.05) is 31.2 Å². The number of hydrogen-bond donors (Lipinski definition) is 2. The van der Waals surface area contributed by atoms with Crippen LogP contribution in [0.5, 0.6) is 5.75 Å². The van der Waals surface area contributed by atoms with Crippen LogP contribution in [-0.2, 0) is 11.3 Å². The Kier molecular flexibility index (Phi) is 6.21. The van der Waals surface area contributed by atoms with Crippen LogP contribution in [0.1, 0.15) is 48.5 Å². The molecule has 7 nitrogen and oxygen atoms in total. The number of carbonyl (C=O) groups is 2. The Morgan fingerprint density at radius 1 is 1.29 bits per heavy atom. The summed E-state index contributed by atoms with van der Waals surface area (Å²) < 4.78 is 5.21. The summed E-state index contributed by atoms with van der Waals surface area (Å²) in [5.74, 6) is 1.12. The Balaban J connectivity index is 1.54. The van der Waals surface area contributed by atoms with Gasteiger partial charge in [0.1, 0.15) is 5.75 Å². The molecule has 162 valence electrons. The summed E-state index contributed by atoms with van der Waals surface area (Å²) in [5.41, 5.74) is 3.31. The van der Waals surface area contributed by atoms with Gasteiger partial charge in [0.05, 0.1) is 31.5 Å². The molecule has 4 rings (SSSR count). The van der Waals surface area contributed by atoms with E-state index >= 15 is 0 Å². The fourth-order valence-corrected chi connectivity index (χ4v) is 4.02. The Bertz CT molecular complexity index is 1000. The van der Waals surface area contributed by atoms with E-state index in [0.29, 0.717) is 23.6 Å². The van der Waals surface area contributed by atoms with E-state index in [1.165, 1.54) is 18.4 Å². The van der Waals surface area contributed by atoms with Crippen LogP contribution >= 0.6 is 0 Å². The van der Waals surface area contributed by atoms with E-state index in [0.717, 1.165) is 24.2 Å². The maximum absolute atomic E-state index is 12.9. The van der Waals surface area contributed by atoms with Crippen molar-refractivity contribution >= 4 is 23.3 Å². The topological polar surface area (TPSA) is 83.6 Å². The second-order valence-corrected chi connectivity index (χ2v) is 7.99. The van der Waals surface area contributed by atoms with Crippen LogP contribution in [0.2, 0.25) is 0 Å². The Morgan fingerprint density at radius 2 is 2.10 bits per heavy atom. The highest BCUT2D eigenvalue weighted by atomic mass is 16.5. The van der Waals surface area contributed by atoms with Crippen LogP contribution in [0.4, 0.5) is 11.5 Å². The Labute approximate surface area is 182 Å². The molecule has 7 heteroatoms. The molecule has 2 heterocycles. The number of allylic oxidation sites excluding steroid dienone is 1. The Hall–Kier alpha value is -3.35. The number of rotatable bonds is 6. The number of fused-ring (bicyclic) bond motifs is 1. The summed E-state index contributed by atoms with van der Waals surface area (Å²) in [6.07, 6.45) is 8.27. The van der Waals surface area contributed by atoms with Crippen molar-refractivity contribution in [3.8, 4) is 5.75 Å². The number of carbonyl (C=O) groups excluding carboxylic acids is 2. The van der Waals surface area contributed by atoms with Crippen LogP contribution in [0.3, 0.4) is 0 Å². The molecule has 2 amide bonds. The van der Waals surface area contributed by atoms with E-state index in [9.17, 15) is 9.59 Å². The quantitative estimate of drug-likeness (QED) is 0.697. The first-order valence-electron chi connectivity index (χ1n) is 10.7. The number of pyridine rings is 1. The molecule has 0 bridgehead atoms. The minimum Gasteiger partial charge on any atom is -0.497 e. The third kappa shape index (κ3) is 4.71. The molecule has 0 radical (unpaired) electrons. The monoisotopic (exact) mass is 420 g/mol. The summed E-state index contributed by atoms with van der Waals surface area (Å²) in [5, 5.41) is 6.12. The van der Waals surface area contributed by atoms with E-state index in [1.54, 1.807) is 24.3 Å². The van der Waals surface area contributed by atoms with E-state index in [-0.39, 0.29) is 24.4 Å². The molecule has 0 saturated carbocycles. The van der Waals surface area contributed by atoms with Crippen molar-refractivity contribution in [3.05, 3.63) is 59.3 Å². The van der Waals surface area contributed by atoms with Gasteiger partial charge in [-0.1, -0.05) is 23.8 Å². The van der Waals surface area contributed by atoms with Gasteiger partial charge in [0, 0.05) is 12.2 Å². The van der Waals surface area contributed by atoms with Crippen LogP contribution in [0.15, 0.2) is 48.2 Å². The zero-order chi connectivity index (χ0) is 21.8. The number of amides is 2. The van der Waals surface area contributed by atoms with Gasteiger partial charge in [-0.05, 0) is 56.4 Å². The lowest BCUT2D eigenvalue weighted by Gasteiger charge is -2.30. The predicted octanol–water partition coefficient (Wildman–Crippen LogP) is 3.67. The smallest absolute Gasteiger partial charge is 0.253 e. The highest BCUT2D eigenvalue weighted by molar-refractivity contribution is 6.04. The number of ether oxygens (including phenoxy) is 1. The van der Waals surface area contributed by atoms with Crippen molar-refractivity contribution in [2.45, 2.75) is 45.2 Å². The molecule has 1 unspecified atom stereocenters. The molecule has 2 aromatic rings. The lowest BCUT2D eigenvalue weighted by molar-refractivity contribution is -0.117. The van der Waals surface area contributed by atoms with E-state index < -0.39 is 0 Å². The number of hydrogen-bond acceptors (Lipinski definition) is 5. The summed E-state index contributed by atoms with van der Waals surface area (Å²) >= 11 is 0. The number of nitrogens with one attached hydrogen (secondary N) is 2. The van der Waals surface area contributed by atoms with Crippen LogP contribution in [0, 0.1) is 0 Å². The van der Waals surface area contributed by atoms with Crippen LogP contribution in [-0.4, -0.2) is 36.5 Å². The summed E-state index contributed by atoms with van der Waals surface area (Å²) in [7, 11) is 1.62. The number of nitrogens with zero attached hydrogens (tertiary/aromatic N) is 2. The largest absolute Gasteiger partial charge is 0.497 e. The fourth-order valence-electron chi connectivity index (χ4n) is 4.02. The molecule has 0 spiro atoms. The molecule has 2 aliphatic rings. The molecule has 1 aliphatic heterocycles. The van der Waals surface area contributed by atoms with Gasteiger partial charge >= 0.3 is 0 Å². The first kappa shape index (κ1) is 20.9. The molecule has 2 N–H and O–H groups in total. The van der Waals surface area contributed by atoms with Gasteiger partial charge < -0.3 is 20.3 Å². The molecule has 0 fully saturated rings. The van der Waals surface area contributed by atoms with E-state index in [2.05, 4.69) is 21.7 Å². The molecular weight excluding hydrogens is 392 g/mol. The first-order chi connectivity index (χ1) is 15.0. The first-order valence-corrected chi connectivity index (χ1v) is 10.7. The third-order valence-electron chi connectivity index (χ3n) is 5.86. The highest BCUT2D eigenvalue weighted by Gasteiger charge is 2.26. The summed E-state index contributed by atoms with van der Waals surface area (Å²) in [6.45, 7) is 2.59. The van der Waals surface area contributed by atoms with Gasteiger partial charge in [-0.2, -0.15) is 0 Å². The second kappa shape index (κ2) is 9.20. The SMILES string of the molecule is COc1ccc(CN2C(=O)CNc3ncc(C(=O)NC(C)C4=CCCCC4)cc32)cc1. The van der Waals surface area contributed by atoms with Crippen molar-refractivity contribution in [1.82, 2.24) is 10.3 Å². The van der Waals surface area contributed by atoms with Gasteiger partial charge in [0.25, 0.3) is 5.91 Å². The zero-order valence-corrected chi connectivity index (χ0v) is 18.0. The highest BCUT2D eigenvalue weighted by Crippen LogP contribution is 2.30. The van der Waals surface area contributed by atoms with E-state index in [4.69, 9.17) is 4.74 Å². The van der Waals surface area contributed by atoms with Gasteiger partial charge in [-0.15, -0.1) is 0 Å². The van der Waals surface area contributed by atoms with Gasteiger partial charge in [0.15, 0.2) is 5.82 Å². The number of methoxy groups -OCH3 is 1. The molecule has 31 heavy (non-hydrogen) atoms. The average molecular weight is 421 g/mol. The van der Waals surface area contributed by atoms with Crippen molar-refractivity contribution in [2.75, 3.05) is 23.9 Å². The lowest BCUT2D eigenvalue weighted by Crippen LogP contribution is -2.40. The fraction of sp³-hybridized carbons (Fsp3) is 0.375. The molecule has 1 aromatic heterocycles. The Morgan fingerprint density at radius 3 is 2.81 bits per heavy atom. The van der Waals surface area contributed by atoms with Crippen LogP contribution in [0.25, 0.3) is 0 Å². The van der Waals surface area contributed by atoms with Gasteiger partial charge in [0.2, 0.25) is 5.91 Å². The summed E-state index contributed by atoms with van der Waals surface area (Å²) in [4.78, 5) is 31.6. The molecular formula is C24H28N4O3. The maximum atomic E-state index is 12.9. The van der Waals surface area contributed by atoms with Crippen LogP contribution < -0.4 is 20.3 Å². The minimum absolute atomic E-state index is 0.0148. The normalized spacial score (nSPS) is 16.6. The lowest BCUT2D eigenvalue weighted by atomic mass is 9.94. The number of benzene rings is 1. The number of aromatic nitrogens is 1. The van der Waals surface area contributed by atoms with Crippen molar-refractivity contribution in [2.24, 2.45) is 0 Å². The number of anilines is 2. The molecule has 1 aromatic carbocycles. The maximum Gasteiger partial charge on any atom is 0.253 e. The zero-order valence-electron chi connectivity index (χ0n) is 18.0. The molecule has 1 atom stereocenters. The summed E-state index contributed by atoms with van der Waals surface area (Å²) in [6, 6.07) is 9.32. The van der Waals surface area contributed by atoms with Crippen molar-refractivity contribution in [1.29, 1.82) is 0 Å². The van der Waals surface area contributed by atoms with Gasteiger partial charge in [-0.25, -0.2) is 4.98 Å². The molecule has 0 saturated heterocycles. The van der Waals surface area contributed by atoms with Crippen molar-refractivity contribution in [3.63, 3.8) is 0 Å². The second-order valence-electron chi connectivity index (χ2n) is 7.99.